The maximum Gasteiger partial charge on any atom is 0.338 e. The molecule has 10 nitrogen and oxygen atoms in total. The lowest BCUT2D eigenvalue weighted by Crippen LogP contribution is -2.42. The SMILES string of the molecule is CCOC(=O)c1ccc(OC[C@H]2c3cc(OC)c(OC)cc3CCN2C(=O)c2cc(Cl)ccc2[N+](=O)[O-])cc1. The number of ether oxygens (including phenoxy) is 4. The normalized spacial score (nSPS) is 14.3. The van der Waals surface area contributed by atoms with Crippen molar-refractivity contribution in [2.24, 2.45) is 0 Å². The van der Waals surface area contributed by atoms with Gasteiger partial charge in [0.05, 0.1) is 37.4 Å². The molecule has 0 saturated heterocycles. The number of esters is 1. The number of carbonyl (C=O) groups excluding carboxylic acids is 2. The van der Waals surface area contributed by atoms with E-state index >= 15 is 0 Å². The van der Waals surface area contributed by atoms with Gasteiger partial charge in [-0.15, -0.1) is 0 Å². The highest BCUT2D eigenvalue weighted by Crippen LogP contribution is 2.39. The van der Waals surface area contributed by atoms with Crippen molar-refractivity contribution in [1.82, 2.24) is 4.90 Å². The van der Waals surface area contributed by atoms with Gasteiger partial charge in [0.15, 0.2) is 11.5 Å². The lowest BCUT2D eigenvalue weighted by molar-refractivity contribution is -0.385. The molecule has 0 saturated carbocycles. The molecule has 39 heavy (non-hydrogen) atoms. The summed E-state index contributed by atoms with van der Waals surface area (Å²) in [4.78, 5) is 38.4. The summed E-state index contributed by atoms with van der Waals surface area (Å²) in [7, 11) is 3.06. The van der Waals surface area contributed by atoms with Gasteiger partial charge in [0.25, 0.3) is 11.6 Å². The third kappa shape index (κ3) is 5.91. The molecule has 3 aromatic rings. The summed E-state index contributed by atoms with van der Waals surface area (Å²) in [5, 5.41) is 11.9. The first kappa shape index (κ1) is 27.7. The molecular weight excluding hydrogens is 528 g/mol. The van der Waals surface area contributed by atoms with Crippen LogP contribution in [0.2, 0.25) is 5.02 Å². The fourth-order valence-corrected chi connectivity index (χ4v) is 4.69. The lowest BCUT2D eigenvalue weighted by atomic mass is 9.91. The van der Waals surface area contributed by atoms with Crippen LogP contribution in [0.1, 0.15) is 44.8 Å². The predicted octanol–water partition coefficient (Wildman–Crippen LogP) is 5.26. The van der Waals surface area contributed by atoms with Crippen LogP contribution in [0.25, 0.3) is 0 Å². The number of nitrogens with zero attached hydrogens (tertiary/aromatic N) is 2. The van der Waals surface area contributed by atoms with Crippen LogP contribution in [0, 0.1) is 10.1 Å². The smallest absolute Gasteiger partial charge is 0.338 e. The number of halogens is 1. The van der Waals surface area contributed by atoms with Crippen LogP contribution in [0.15, 0.2) is 54.6 Å². The summed E-state index contributed by atoms with van der Waals surface area (Å²) in [5.41, 5.74) is 1.63. The van der Waals surface area contributed by atoms with Gasteiger partial charge in [-0.25, -0.2) is 4.79 Å². The molecule has 1 atom stereocenters. The summed E-state index contributed by atoms with van der Waals surface area (Å²) in [6.07, 6.45) is 0.487. The molecule has 204 valence electrons. The minimum atomic E-state index is -0.621. The van der Waals surface area contributed by atoms with E-state index in [9.17, 15) is 19.7 Å². The predicted molar refractivity (Wildman–Crippen MR) is 143 cm³/mol. The molecular formula is C28H27ClN2O8. The Balaban J connectivity index is 1.70. The van der Waals surface area contributed by atoms with Crippen molar-refractivity contribution in [2.45, 2.75) is 19.4 Å². The molecule has 4 rings (SSSR count). The van der Waals surface area contributed by atoms with Crippen molar-refractivity contribution < 1.29 is 33.5 Å². The molecule has 0 unspecified atom stereocenters. The number of amides is 1. The van der Waals surface area contributed by atoms with E-state index in [0.29, 0.717) is 29.2 Å². The number of hydrogen-bond acceptors (Lipinski definition) is 8. The first-order chi connectivity index (χ1) is 18.8. The van der Waals surface area contributed by atoms with Crippen LogP contribution in [0.5, 0.6) is 17.2 Å². The second-order valence-electron chi connectivity index (χ2n) is 8.64. The number of nitro groups is 1. The Morgan fingerprint density at radius 2 is 1.74 bits per heavy atom. The van der Waals surface area contributed by atoms with Crippen LogP contribution >= 0.6 is 11.6 Å². The molecule has 1 aliphatic heterocycles. The fraction of sp³-hybridized carbons (Fsp3) is 0.286. The van der Waals surface area contributed by atoms with Gasteiger partial charge in [0, 0.05) is 17.6 Å². The molecule has 0 spiro atoms. The fourth-order valence-electron chi connectivity index (χ4n) is 4.52. The standard InChI is InChI=1S/C28H27ClN2O8/c1-4-38-28(33)17-5-8-20(9-6-17)39-16-24-21-15-26(37-3)25(36-2)13-18(21)11-12-30(24)27(32)22-14-19(29)7-10-23(22)31(34)35/h5-10,13-15,24H,4,11-12,16H2,1-3H3/t24-/m0/s1. The first-order valence-electron chi connectivity index (χ1n) is 12.2. The third-order valence-corrected chi connectivity index (χ3v) is 6.66. The monoisotopic (exact) mass is 554 g/mol. The van der Waals surface area contributed by atoms with E-state index in [1.807, 2.05) is 6.07 Å². The van der Waals surface area contributed by atoms with Gasteiger partial charge in [-0.05, 0) is 73.0 Å². The first-order valence-corrected chi connectivity index (χ1v) is 12.5. The number of hydrogen-bond donors (Lipinski definition) is 0. The van der Waals surface area contributed by atoms with E-state index in [1.165, 1.54) is 25.3 Å². The number of carbonyl (C=O) groups is 2. The Hall–Kier alpha value is -4.31. The van der Waals surface area contributed by atoms with E-state index in [1.54, 1.807) is 49.3 Å². The van der Waals surface area contributed by atoms with Crippen LogP contribution in [-0.4, -0.2) is 55.7 Å². The second kappa shape index (κ2) is 12.0. The molecule has 0 N–H and O–H groups in total. The molecule has 0 bridgehead atoms. The van der Waals surface area contributed by atoms with E-state index in [2.05, 4.69) is 0 Å². The maximum atomic E-state index is 13.8. The molecule has 0 aliphatic carbocycles. The largest absolute Gasteiger partial charge is 0.493 e. The Labute approximate surface area is 230 Å². The maximum absolute atomic E-state index is 13.8. The van der Waals surface area contributed by atoms with Crippen molar-refractivity contribution in [3.63, 3.8) is 0 Å². The quantitative estimate of drug-likeness (QED) is 0.200. The molecule has 0 fully saturated rings. The average molecular weight is 555 g/mol. The van der Waals surface area contributed by atoms with Gasteiger partial charge < -0.3 is 23.8 Å². The van der Waals surface area contributed by atoms with Gasteiger partial charge in [-0.1, -0.05) is 11.6 Å². The highest BCUT2D eigenvalue weighted by atomic mass is 35.5. The second-order valence-corrected chi connectivity index (χ2v) is 9.08. The van der Waals surface area contributed by atoms with Gasteiger partial charge in [0.1, 0.15) is 17.9 Å². The van der Waals surface area contributed by atoms with E-state index in [0.717, 1.165) is 11.1 Å². The van der Waals surface area contributed by atoms with Crippen LogP contribution in [0.3, 0.4) is 0 Å². The summed E-state index contributed by atoms with van der Waals surface area (Å²) >= 11 is 6.11. The summed E-state index contributed by atoms with van der Waals surface area (Å²) < 4.78 is 22.0. The number of methoxy groups -OCH3 is 2. The minimum Gasteiger partial charge on any atom is -0.493 e. The molecule has 11 heteroatoms. The van der Waals surface area contributed by atoms with Gasteiger partial charge >= 0.3 is 5.97 Å². The molecule has 0 radical (unpaired) electrons. The number of benzene rings is 3. The van der Waals surface area contributed by atoms with Crippen LogP contribution in [0.4, 0.5) is 5.69 Å². The minimum absolute atomic E-state index is 0.0291. The molecule has 1 heterocycles. The molecule has 3 aromatic carbocycles. The summed E-state index contributed by atoms with van der Waals surface area (Å²) in [6.45, 7) is 2.30. The Kier molecular flexibility index (Phi) is 8.55. The van der Waals surface area contributed by atoms with Crippen LogP contribution < -0.4 is 14.2 Å². The Morgan fingerprint density at radius 1 is 1.05 bits per heavy atom. The van der Waals surface area contributed by atoms with Crippen LogP contribution in [-0.2, 0) is 11.2 Å². The zero-order valence-electron chi connectivity index (χ0n) is 21.6. The van der Waals surface area contributed by atoms with Crippen molar-refractivity contribution in [1.29, 1.82) is 0 Å². The highest BCUT2D eigenvalue weighted by molar-refractivity contribution is 6.31. The van der Waals surface area contributed by atoms with E-state index < -0.39 is 22.8 Å². The van der Waals surface area contributed by atoms with Crippen molar-refractivity contribution in [2.75, 3.05) is 34.0 Å². The topological polar surface area (TPSA) is 117 Å². The highest BCUT2D eigenvalue weighted by Gasteiger charge is 2.36. The van der Waals surface area contributed by atoms with Gasteiger partial charge in [0.2, 0.25) is 0 Å². The van der Waals surface area contributed by atoms with E-state index in [-0.39, 0.29) is 36.0 Å². The number of nitro benzene ring substituents is 1. The summed E-state index contributed by atoms with van der Waals surface area (Å²) in [6, 6.07) is 13.4. The summed E-state index contributed by atoms with van der Waals surface area (Å²) in [5.74, 6) is 0.512. The van der Waals surface area contributed by atoms with Gasteiger partial charge in [-0.2, -0.15) is 0 Å². The lowest BCUT2D eigenvalue weighted by Gasteiger charge is -2.37. The van der Waals surface area contributed by atoms with Crippen molar-refractivity contribution in [3.8, 4) is 17.2 Å². The van der Waals surface area contributed by atoms with E-state index in [4.69, 9.17) is 30.5 Å². The van der Waals surface area contributed by atoms with Gasteiger partial charge in [-0.3, -0.25) is 14.9 Å². The van der Waals surface area contributed by atoms with Crippen molar-refractivity contribution >= 4 is 29.2 Å². The molecule has 0 aromatic heterocycles. The number of rotatable bonds is 9. The average Bonchev–Trinajstić information content (AvgIpc) is 2.94. The zero-order chi connectivity index (χ0) is 28.1. The number of fused-ring (bicyclic) bond motifs is 1. The zero-order valence-corrected chi connectivity index (χ0v) is 22.4. The Morgan fingerprint density at radius 3 is 2.38 bits per heavy atom. The molecule has 1 amide bonds. The Bertz CT molecular complexity index is 1390. The van der Waals surface area contributed by atoms with Crippen molar-refractivity contribution in [3.05, 3.63) is 92.0 Å². The third-order valence-electron chi connectivity index (χ3n) is 6.42. The molecule has 1 aliphatic rings.